The van der Waals surface area contributed by atoms with Crippen molar-refractivity contribution in [1.82, 2.24) is 4.90 Å². The van der Waals surface area contributed by atoms with E-state index in [0.29, 0.717) is 23.3 Å². The van der Waals surface area contributed by atoms with Gasteiger partial charge in [0.1, 0.15) is 0 Å². The lowest BCUT2D eigenvalue weighted by atomic mass is 9.52. The van der Waals surface area contributed by atoms with Crippen LogP contribution in [0.3, 0.4) is 0 Å². The van der Waals surface area contributed by atoms with Crippen LogP contribution in [0.15, 0.2) is 34.9 Å². The number of carbonyl (C=O) groups excluding carboxylic acids is 1. The standard InChI is InChI=1S/C26H39NO/c1-17(28)20-13-15-26(5)22-10-9-21-18(16-19(22)12-14-25(20,26)4)8-11-23(27(6)7)24(21,2)3/h8,12-13,21-23H,9-11,14-16H2,1-7H3. The Kier molecular flexibility index (Phi) is 4.62. The Bertz CT molecular complexity index is 782. The smallest absolute Gasteiger partial charge is 0.156 e. The van der Waals surface area contributed by atoms with Crippen LogP contribution in [0.25, 0.3) is 0 Å². The van der Waals surface area contributed by atoms with E-state index in [-0.39, 0.29) is 16.6 Å². The van der Waals surface area contributed by atoms with Gasteiger partial charge in [-0.25, -0.2) is 0 Å². The molecule has 2 nitrogen and oxygen atoms in total. The molecule has 154 valence electrons. The zero-order valence-electron chi connectivity index (χ0n) is 19.1. The summed E-state index contributed by atoms with van der Waals surface area (Å²) in [5.41, 5.74) is 4.98. The van der Waals surface area contributed by atoms with E-state index in [0.717, 1.165) is 18.4 Å². The summed E-state index contributed by atoms with van der Waals surface area (Å²) in [4.78, 5) is 14.8. The zero-order valence-corrected chi connectivity index (χ0v) is 19.1. The van der Waals surface area contributed by atoms with Crippen LogP contribution in [0.1, 0.15) is 73.1 Å². The van der Waals surface area contributed by atoms with Gasteiger partial charge in [0.25, 0.3) is 0 Å². The van der Waals surface area contributed by atoms with Crippen molar-refractivity contribution in [3.8, 4) is 0 Å². The molecule has 0 bridgehead atoms. The predicted octanol–water partition coefficient (Wildman–Crippen LogP) is 5.95. The van der Waals surface area contributed by atoms with Crippen LogP contribution in [0.5, 0.6) is 0 Å². The number of allylic oxidation sites excluding steroid dienone is 5. The van der Waals surface area contributed by atoms with Gasteiger partial charge in [-0.15, -0.1) is 0 Å². The molecule has 4 aliphatic carbocycles. The van der Waals surface area contributed by atoms with Crippen molar-refractivity contribution < 1.29 is 4.79 Å². The van der Waals surface area contributed by atoms with Gasteiger partial charge in [-0.05, 0) is 87.8 Å². The van der Waals surface area contributed by atoms with Gasteiger partial charge in [-0.1, -0.05) is 57.1 Å². The fourth-order valence-corrected chi connectivity index (χ4v) is 7.68. The highest BCUT2D eigenvalue weighted by Crippen LogP contribution is 2.66. The van der Waals surface area contributed by atoms with E-state index in [1.165, 1.54) is 25.7 Å². The number of fused-ring (bicyclic) bond motifs is 4. The summed E-state index contributed by atoms with van der Waals surface area (Å²) in [6.07, 6.45) is 14.4. The molecule has 1 saturated carbocycles. The third kappa shape index (κ3) is 2.59. The molecule has 5 atom stereocenters. The van der Waals surface area contributed by atoms with Crippen LogP contribution < -0.4 is 0 Å². The number of hydrogen-bond acceptors (Lipinski definition) is 2. The molecule has 0 heterocycles. The maximum absolute atomic E-state index is 12.4. The number of Topliss-reactive ketones (excluding diaryl/α,β-unsaturated/α-hetero) is 1. The summed E-state index contributed by atoms with van der Waals surface area (Å²) in [5.74, 6) is 1.57. The maximum Gasteiger partial charge on any atom is 0.156 e. The Labute approximate surface area is 172 Å². The first kappa shape index (κ1) is 20.1. The molecule has 4 rings (SSSR count). The molecule has 0 aromatic carbocycles. The quantitative estimate of drug-likeness (QED) is 0.551. The second-order valence-corrected chi connectivity index (χ2v) is 11.3. The summed E-state index contributed by atoms with van der Waals surface area (Å²) in [5, 5.41) is 0. The molecule has 0 spiro atoms. The molecule has 5 unspecified atom stereocenters. The van der Waals surface area contributed by atoms with Gasteiger partial charge in [0.2, 0.25) is 0 Å². The summed E-state index contributed by atoms with van der Waals surface area (Å²) in [7, 11) is 4.48. The summed E-state index contributed by atoms with van der Waals surface area (Å²) < 4.78 is 0. The van der Waals surface area contributed by atoms with E-state index in [1.54, 1.807) is 18.1 Å². The molecule has 0 aromatic heterocycles. The molecule has 1 fully saturated rings. The minimum Gasteiger partial charge on any atom is -0.306 e. The second kappa shape index (κ2) is 6.42. The van der Waals surface area contributed by atoms with Crippen molar-refractivity contribution in [3.05, 3.63) is 34.9 Å². The third-order valence-electron chi connectivity index (χ3n) is 9.54. The van der Waals surface area contributed by atoms with Gasteiger partial charge < -0.3 is 4.90 Å². The number of ketones is 1. The Balaban J connectivity index is 1.69. The minimum atomic E-state index is 0.0125. The van der Waals surface area contributed by atoms with Crippen LogP contribution in [0, 0.1) is 28.1 Å². The molecule has 4 aliphatic rings. The lowest BCUT2D eigenvalue weighted by Crippen LogP contribution is -2.47. The van der Waals surface area contributed by atoms with E-state index in [9.17, 15) is 4.79 Å². The number of nitrogens with zero attached hydrogens (tertiary/aromatic N) is 1. The molecule has 0 amide bonds. The van der Waals surface area contributed by atoms with Crippen molar-refractivity contribution >= 4 is 5.78 Å². The van der Waals surface area contributed by atoms with Gasteiger partial charge in [-0.2, -0.15) is 0 Å². The SMILES string of the molecule is CC(=O)C1=CCC2(C)C3CCC4C(=CCC(N(C)C)C4(C)C)CC3=CCC12C. The van der Waals surface area contributed by atoms with Crippen molar-refractivity contribution in [3.63, 3.8) is 0 Å². The normalized spacial score (nSPS) is 41.9. The monoisotopic (exact) mass is 381 g/mol. The van der Waals surface area contributed by atoms with Crippen LogP contribution in [-0.2, 0) is 4.79 Å². The van der Waals surface area contributed by atoms with Crippen molar-refractivity contribution in [1.29, 1.82) is 0 Å². The van der Waals surface area contributed by atoms with Crippen LogP contribution in [0.4, 0.5) is 0 Å². The summed E-state index contributed by atoms with van der Waals surface area (Å²) in [6, 6.07) is 0.619. The lowest BCUT2D eigenvalue weighted by Gasteiger charge is -2.51. The molecular formula is C26H39NO. The zero-order chi connectivity index (χ0) is 20.5. The maximum atomic E-state index is 12.4. The molecule has 2 heteroatoms. The molecule has 0 N–H and O–H groups in total. The largest absolute Gasteiger partial charge is 0.306 e. The van der Waals surface area contributed by atoms with E-state index in [1.807, 2.05) is 0 Å². The minimum absolute atomic E-state index is 0.0125. The van der Waals surface area contributed by atoms with Crippen LogP contribution >= 0.6 is 0 Å². The van der Waals surface area contributed by atoms with Gasteiger partial charge in [0, 0.05) is 11.5 Å². The van der Waals surface area contributed by atoms with E-state index < -0.39 is 0 Å². The van der Waals surface area contributed by atoms with Crippen molar-refractivity contribution in [2.75, 3.05) is 14.1 Å². The van der Waals surface area contributed by atoms with E-state index in [4.69, 9.17) is 0 Å². The van der Waals surface area contributed by atoms with E-state index in [2.05, 4.69) is 64.9 Å². The number of rotatable bonds is 2. The molecule has 0 saturated heterocycles. The van der Waals surface area contributed by atoms with Crippen molar-refractivity contribution in [2.45, 2.75) is 79.2 Å². The fourth-order valence-electron chi connectivity index (χ4n) is 7.68. The Morgan fingerprint density at radius 1 is 0.964 bits per heavy atom. The molecule has 0 radical (unpaired) electrons. The molecule has 0 aromatic rings. The highest BCUT2D eigenvalue weighted by molar-refractivity contribution is 5.95. The molecule has 28 heavy (non-hydrogen) atoms. The predicted molar refractivity (Wildman–Crippen MR) is 117 cm³/mol. The van der Waals surface area contributed by atoms with Gasteiger partial charge in [0.05, 0.1) is 0 Å². The number of carbonyl (C=O) groups is 1. The summed E-state index contributed by atoms with van der Waals surface area (Å²) in [6.45, 7) is 11.6. The van der Waals surface area contributed by atoms with Gasteiger partial charge >= 0.3 is 0 Å². The first-order chi connectivity index (χ1) is 13.0. The van der Waals surface area contributed by atoms with Crippen LogP contribution in [0.2, 0.25) is 0 Å². The van der Waals surface area contributed by atoms with Crippen LogP contribution in [-0.4, -0.2) is 30.8 Å². The molecule has 0 aliphatic heterocycles. The first-order valence-electron chi connectivity index (χ1n) is 11.3. The second-order valence-electron chi connectivity index (χ2n) is 11.3. The van der Waals surface area contributed by atoms with Gasteiger partial charge in [0.15, 0.2) is 5.78 Å². The Morgan fingerprint density at radius 2 is 1.61 bits per heavy atom. The topological polar surface area (TPSA) is 20.3 Å². The van der Waals surface area contributed by atoms with Crippen molar-refractivity contribution in [2.24, 2.45) is 28.1 Å². The average molecular weight is 382 g/mol. The van der Waals surface area contributed by atoms with Gasteiger partial charge in [-0.3, -0.25) is 4.79 Å². The fraction of sp³-hybridized carbons (Fsp3) is 0.731. The third-order valence-corrected chi connectivity index (χ3v) is 9.54. The number of hydrogen-bond donors (Lipinski definition) is 0. The highest BCUT2D eigenvalue weighted by atomic mass is 16.1. The average Bonchev–Trinajstić information content (AvgIpc) is 2.75. The first-order valence-corrected chi connectivity index (χ1v) is 11.3. The Hall–Kier alpha value is -1.15. The molecular weight excluding hydrogens is 342 g/mol. The van der Waals surface area contributed by atoms with E-state index >= 15 is 0 Å². The summed E-state index contributed by atoms with van der Waals surface area (Å²) >= 11 is 0. The lowest BCUT2D eigenvalue weighted by molar-refractivity contribution is -0.115. The highest BCUT2D eigenvalue weighted by Gasteiger charge is 2.58. The Morgan fingerprint density at radius 3 is 2.25 bits per heavy atom.